The molecule has 2 nitrogen and oxygen atoms in total. The summed E-state index contributed by atoms with van der Waals surface area (Å²) in [5.74, 6) is -0.374. The number of nitrogens with zero attached hydrogens (tertiary/aromatic N) is 1. The predicted molar refractivity (Wildman–Crippen MR) is 66.0 cm³/mol. The van der Waals surface area contributed by atoms with Crippen molar-refractivity contribution in [1.29, 1.82) is 0 Å². The molecule has 1 unspecified atom stereocenters. The Labute approximate surface area is 100 Å². The van der Waals surface area contributed by atoms with Crippen LogP contribution in [0.25, 0.3) is 0 Å². The van der Waals surface area contributed by atoms with Crippen molar-refractivity contribution in [3.63, 3.8) is 0 Å². The minimum Gasteiger partial charge on any atom is -0.318 e. The van der Waals surface area contributed by atoms with E-state index >= 15 is 0 Å². The van der Waals surface area contributed by atoms with Crippen LogP contribution in [0.5, 0.6) is 0 Å². The Kier molecular flexibility index (Phi) is 2.94. The average molecular weight is 230 g/mol. The van der Waals surface area contributed by atoms with Gasteiger partial charge in [0.05, 0.1) is 11.7 Å². The molecule has 2 N–H and O–H groups in total. The van der Waals surface area contributed by atoms with Crippen molar-refractivity contribution in [3.05, 3.63) is 65.2 Å². The van der Waals surface area contributed by atoms with E-state index in [2.05, 4.69) is 4.98 Å². The van der Waals surface area contributed by atoms with Crippen LogP contribution in [0.1, 0.15) is 23.6 Å². The molecule has 88 valence electrons. The summed E-state index contributed by atoms with van der Waals surface area (Å²) in [6, 6.07) is 9.38. The molecule has 2 rings (SSSR count). The summed E-state index contributed by atoms with van der Waals surface area (Å²) in [6.07, 6.45) is 2.75. The first-order valence-corrected chi connectivity index (χ1v) is 5.48. The maximum atomic E-state index is 13.8. The van der Waals surface area contributed by atoms with Crippen LogP contribution in [-0.4, -0.2) is 4.98 Å². The topological polar surface area (TPSA) is 38.9 Å². The molecule has 0 amide bonds. The van der Waals surface area contributed by atoms with E-state index in [0.29, 0.717) is 5.56 Å². The van der Waals surface area contributed by atoms with Crippen LogP contribution in [0.15, 0.2) is 42.7 Å². The Hall–Kier alpha value is -1.74. The maximum Gasteiger partial charge on any atom is 0.146 e. The highest BCUT2D eigenvalue weighted by atomic mass is 19.1. The first-order valence-electron chi connectivity index (χ1n) is 5.48. The van der Waals surface area contributed by atoms with Crippen molar-refractivity contribution in [3.8, 4) is 0 Å². The van der Waals surface area contributed by atoms with E-state index < -0.39 is 5.54 Å². The molecule has 0 aliphatic carbocycles. The second kappa shape index (κ2) is 4.26. The molecule has 0 spiro atoms. The fourth-order valence-corrected chi connectivity index (χ4v) is 2.10. The summed E-state index contributed by atoms with van der Waals surface area (Å²) in [7, 11) is 0. The minimum absolute atomic E-state index is 0.374. The van der Waals surface area contributed by atoms with E-state index in [4.69, 9.17) is 5.73 Å². The van der Waals surface area contributed by atoms with Gasteiger partial charge in [-0.05, 0) is 31.0 Å². The van der Waals surface area contributed by atoms with E-state index in [9.17, 15) is 4.39 Å². The normalized spacial score (nSPS) is 14.4. The van der Waals surface area contributed by atoms with Crippen LogP contribution < -0.4 is 5.73 Å². The Morgan fingerprint density at radius 2 is 1.88 bits per heavy atom. The molecule has 1 heterocycles. The highest BCUT2D eigenvalue weighted by Gasteiger charge is 2.28. The highest BCUT2D eigenvalue weighted by Crippen LogP contribution is 2.29. The largest absolute Gasteiger partial charge is 0.318 e. The smallest absolute Gasteiger partial charge is 0.146 e. The van der Waals surface area contributed by atoms with Gasteiger partial charge in [-0.15, -0.1) is 0 Å². The molecule has 0 saturated heterocycles. The van der Waals surface area contributed by atoms with Crippen LogP contribution in [0.3, 0.4) is 0 Å². The lowest BCUT2D eigenvalue weighted by molar-refractivity contribution is 0.525. The van der Waals surface area contributed by atoms with Gasteiger partial charge >= 0.3 is 0 Å². The molecule has 3 heteroatoms. The second-order valence-corrected chi connectivity index (χ2v) is 4.37. The third kappa shape index (κ3) is 2.06. The molecular formula is C14H15FN2. The van der Waals surface area contributed by atoms with Gasteiger partial charge in [-0.25, -0.2) is 4.39 Å². The summed E-state index contributed by atoms with van der Waals surface area (Å²) in [5.41, 5.74) is 7.88. The fourth-order valence-electron chi connectivity index (χ4n) is 2.10. The number of benzene rings is 1. The zero-order valence-electron chi connectivity index (χ0n) is 9.94. The number of nitrogens with two attached hydrogens (primary N) is 1. The van der Waals surface area contributed by atoms with Crippen molar-refractivity contribution >= 4 is 0 Å². The Bertz CT molecular complexity index is 488. The third-order valence-electron chi connectivity index (χ3n) is 3.04. The van der Waals surface area contributed by atoms with Gasteiger partial charge in [0, 0.05) is 11.8 Å². The molecule has 0 aliphatic rings. The van der Waals surface area contributed by atoms with Crippen LogP contribution in [0, 0.1) is 12.7 Å². The molecule has 0 fully saturated rings. The Morgan fingerprint density at radius 1 is 1.18 bits per heavy atom. The third-order valence-corrected chi connectivity index (χ3v) is 3.04. The monoisotopic (exact) mass is 230 g/mol. The van der Waals surface area contributed by atoms with Gasteiger partial charge in [0.15, 0.2) is 0 Å². The fraction of sp³-hybridized carbons (Fsp3) is 0.214. The summed E-state index contributed by atoms with van der Waals surface area (Å²) in [4.78, 5) is 3.74. The number of halogens is 1. The van der Waals surface area contributed by atoms with Crippen LogP contribution >= 0.6 is 0 Å². The van der Waals surface area contributed by atoms with Crippen molar-refractivity contribution in [2.24, 2.45) is 5.73 Å². The molecular weight excluding hydrogens is 215 g/mol. The van der Waals surface area contributed by atoms with Gasteiger partial charge < -0.3 is 5.73 Å². The van der Waals surface area contributed by atoms with Gasteiger partial charge in [0.1, 0.15) is 5.82 Å². The highest BCUT2D eigenvalue weighted by molar-refractivity contribution is 5.41. The number of rotatable bonds is 2. The number of hydrogen-bond acceptors (Lipinski definition) is 2. The zero-order valence-corrected chi connectivity index (χ0v) is 9.94. The number of aromatic nitrogens is 1. The van der Waals surface area contributed by atoms with Crippen LogP contribution in [-0.2, 0) is 5.54 Å². The van der Waals surface area contributed by atoms with Crippen molar-refractivity contribution < 1.29 is 4.39 Å². The minimum atomic E-state index is -0.849. The van der Waals surface area contributed by atoms with Gasteiger partial charge in [0.25, 0.3) is 0 Å². The summed E-state index contributed by atoms with van der Waals surface area (Å²) in [6.45, 7) is 3.79. The standard InChI is InChI=1S/C14H15FN2/c1-10-5-3-4-6-11(10)14(2,16)12-7-8-17-9-13(12)15/h3-9H,16H2,1-2H3. The van der Waals surface area contributed by atoms with Crippen molar-refractivity contribution in [2.75, 3.05) is 0 Å². The molecule has 0 radical (unpaired) electrons. The number of aryl methyl sites for hydroxylation is 1. The lowest BCUT2D eigenvalue weighted by Gasteiger charge is -2.27. The SMILES string of the molecule is Cc1ccccc1C(C)(N)c1ccncc1F. The molecule has 0 saturated carbocycles. The van der Waals surface area contributed by atoms with E-state index in [1.54, 1.807) is 12.3 Å². The molecule has 17 heavy (non-hydrogen) atoms. The molecule has 0 bridgehead atoms. The van der Waals surface area contributed by atoms with Gasteiger partial charge in [-0.2, -0.15) is 0 Å². The number of pyridine rings is 1. The molecule has 0 aliphatic heterocycles. The first kappa shape index (κ1) is 11.7. The van der Waals surface area contributed by atoms with Crippen molar-refractivity contribution in [2.45, 2.75) is 19.4 Å². The van der Waals surface area contributed by atoms with E-state index in [0.717, 1.165) is 11.1 Å². The van der Waals surface area contributed by atoms with Gasteiger partial charge in [-0.3, -0.25) is 4.98 Å². The van der Waals surface area contributed by atoms with E-state index in [1.165, 1.54) is 6.20 Å². The van der Waals surface area contributed by atoms with Crippen LogP contribution in [0.2, 0.25) is 0 Å². The van der Waals surface area contributed by atoms with E-state index in [-0.39, 0.29) is 5.82 Å². The quantitative estimate of drug-likeness (QED) is 0.861. The second-order valence-electron chi connectivity index (χ2n) is 4.37. The lowest BCUT2D eigenvalue weighted by Crippen LogP contribution is -2.36. The summed E-state index contributed by atoms with van der Waals surface area (Å²) >= 11 is 0. The Morgan fingerprint density at radius 3 is 2.53 bits per heavy atom. The molecule has 1 aromatic carbocycles. The molecule has 2 aromatic rings. The summed E-state index contributed by atoms with van der Waals surface area (Å²) in [5, 5.41) is 0. The zero-order chi connectivity index (χ0) is 12.5. The predicted octanol–water partition coefficient (Wildman–Crippen LogP) is 2.75. The van der Waals surface area contributed by atoms with Crippen molar-refractivity contribution in [1.82, 2.24) is 4.98 Å². The average Bonchev–Trinajstić information content (AvgIpc) is 2.29. The first-order chi connectivity index (χ1) is 8.03. The lowest BCUT2D eigenvalue weighted by atomic mass is 9.83. The summed E-state index contributed by atoms with van der Waals surface area (Å²) < 4.78 is 13.8. The van der Waals surface area contributed by atoms with Gasteiger partial charge in [-0.1, -0.05) is 24.3 Å². The number of hydrogen-bond donors (Lipinski definition) is 1. The van der Waals surface area contributed by atoms with E-state index in [1.807, 2.05) is 38.1 Å². The molecule has 1 atom stereocenters. The van der Waals surface area contributed by atoms with Crippen LogP contribution in [0.4, 0.5) is 4.39 Å². The van der Waals surface area contributed by atoms with Gasteiger partial charge in [0.2, 0.25) is 0 Å². The molecule has 1 aromatic heterocycles. The Balaban J connectivity index is 2.58. The maximum absolute atomic E-state index is 13.8.